The zero-order valence-corrected chi connectivity index (χ0v) is 12.8. The Bertz CT molecular complexity index is 534. The summed E-state index contributed by atoms with van der Waals surface area (Å²) in [6, 6.07) is 1.92. The fourth-order valence-corrected chi connectivity index (χ4v) is 3.09. The van der Waals surface area contributed by atoms with Crippen molar-refractivity contribution in [1.82, 2.24) is 0 Å². The summed E-state index contributed by atoms with van der Waals surface area (Å²) < 4.78 is 67.4. The summed E-state index contributed by atoms with van der Waals surface area (Å²) in [5, 5.41) is 0. The zero-order valence-electron chi connectivity index (χ0n) is 12.8. The summed E-state index contributed by atoms with van der Waals surface area (Å²) in [6.07, 6.45) is 3.42. The summed E-state index contributed by atoms with van der Waals surface area (Å²) in [5.74, 6) is -3.48. The Labute approximate surface area is 132 Å². The molecule has 0 aromatic heterocycles. The minimum atomic E-state index is -5.12. The summed E-state index contributed by atoms with van der Waals surface area (Å²) in [7, 11) is 0. The molecule has 0 spiro atoms. The van der Waals surface area contributed by atoms with Crippen molar-refractivity contribution in [1.29, 1.82) is 0 Å². The Hall–Kier alpha value is -1.59. The lowest BCUT2D eigenvalue weighted by Crippen LogP contribution is -2.19. The van der Waals surface area contributed by atoms with E-state index in [1.807, 2.05) is 13.0 Å². The van der Waals surface area contributed by atoms with Crippen LogP contribution in [-0.4, -0.2) is 6.36 Å². The van der Waals surface area contributed by atoms with Crippen LogP contribution in [0.1, 0.15) is 50.5 Å². The fraction of sp³-hybridized carbons (Fsp3) is 0.529. The van der Waals surface area contributed by atoms with E-state index in [-0.39, 0.29) is 5.92 Å². The first-order valence-electron chi connectivity index (χ1n) is 7.66. The van der Waals surface area contributed by atoms with Crippen LogP contribution in [-0.2, 0) is 0 Å². The van der Waals surface area contributed by atoms with E-state index >= 15 is 0 Å². The van der Waals surface area contributed by atoms with Crippen LogP contribution in [0.4, 0.5) is 22.0 Å². The lowest BCUT2D eigenvalue weighted by molar-refractivity contribution is -0.276. The van der Waals surface area contributed by atoms with E-state index in [4.69, 9.17) is 0 Å². The van der Waals surface area contributed by atoms with Crippen molar-refractivity contribution in [3.05, 3.63) is 41.5 Å². The molecule has 0 saturated heterocycles. The van der Waals surface area contributed by atoms with Gasteiger partial charge in [-0.3, -0.25) is 0 Å². The van der Waals surface area contributed by atoms with Gasteiger partial charge in [-0.05, 0) is 68.6 Å². The average Bonchev–Trinajstić information content (AvgIpc) is 2.48. The van der Waals surface area contributed by atoms with Gasteiger partial charge >= 0.3 is 6.36 Å². The summed E-state index contributed by atoms with van der Waals surface area (Å²) in [5.41, 5.74) is 0.402. The third-order valence-corrected chi connectivity index (χ3v) is 4.26. The van der Waals surface area contributed by atoms with Crippen molar-refractivity contribution in [2.24, 2.45) is 5.92 Å². The molecule has 0 N–H and O–H groups in total. The molecule has 1 nitrogen and oxygen atoms in total. The first kappa shape index (κ1) is 17.8. The second-order valence-corrected chi connectivity index (χ2v) is 5.88. The van der Waals surface area contributed by atoms with Crippen LogP contribution in [0, 0.1) is 17.6 Å². The van der Waals surface area contributed by atoms with Gasteiger partial charge in [0.05, 0.1) is 0 Å². The van der Waals surface area contributed by atoms with Gasteiger partial charge in [-0.15, -0.1) is 13.2 Å². The van der Waals surface area contributed by atoms with Gasteiger partial charge in [0.15, 0.2) is 11.6 Å². The Morgan fingerprint density at radius 2 is 1.65 bits per heavy atom. The summed E-state index contributed by atoms with van der Waals surface area (Å²) in [4.78, 5) is 0. The van der Waals surface area contributed by atoms with Crippen LogP contribution in [0.25, 0.3) is 0 Å². The fourth-order valence-electron chi connectivity index (χ4n) is 3.09. The summed E-state index contributed by atoms with van der Waals surface area (Å²) in [6.45, 7) is 1.96. The smallest absolute Gasteiger partial charge is 0.399 e. The van der Waals surface area contributed by atoms with Gasteiger partial charge in [0, 0.05) is 0 Å². The number of hydrogen-bond donors (Lipinski definition) is 0. The third kappa shape index (κ3) is 4.94. The van der Waals surface area contributed by atoms with E-state index in [2.05, 4.69) is 10.8 Å². The van der Waals surface area contributed by atoms with Gasteiger partial charge < -0.3 is 4.74 Å². The molecule has 0 unspecified atom stereocenters. The molecule has 6 heteroatoms. The highest BCUT2D eigenvalue weighted by molar-refractivity contribution is 5.33. The Balaban J connectivity index is 2.07. The lowest BCUT2D eigenvalue weighted by atomic mass is 9.77. The largest absolute Gasteiger partial charge is 0.573 e. The molecule has 1 aliphatic rings. The molecule has 0 amide bonds. The molecule has 0 radical (unpaired) electrons. The number of rotatable bonds is 4. The minimum Gasteiger partial charge on any atom is -0.399 e. The summed E-state index contributed by atoms with van der Waals surface area (Å²) >= 11 is 0. The average molecular weight is 334 g/mol. The van der Waals surface area contributed by atoms with E-state index in [0.29, 0.717) is 11.5 Å². The second-order valence-electron chi connectivity index (χ2n) is 5.88. The monoisotopic (exact) mass is 334 g/mol. The maximum absolute atomic E-state index is 13.8. The molecule has 23 heavy (non-hydrogen) atoms. The Morgan fingerprint density at radius 3 is 2.13 bits per heavy atom. The number of halogens is 5. The highest BCUT2D eigenvalue weighted by Gasteiger charge is 2.34. The number of allylic oxidation sites excluding steroid dienone is 2. The standard InChI is InChI=1S/C17H19F5O/c1-2-3-4-11-5-7-12(8-6-11)13-9-14(18)16(15(19)10-13)23-17(20,21)22/h2-3,9-12H,4-8H2,1H3/b3-2+/t11-,12-. The van der Waals surface area contributed by atoms with Crippen molar-refractivity contribution < 1.29 is 26.7 Å². The topological polar surface area (TPSA) is 9.23 Å². The number of hydrogen-bond acceptors (Lipinski definition) is 1. The van der Waals surface area contributed by atoms with Gasteiger partial charge in [-0.1, -0.05) is 12.2 Å². The van der Waals surface area contributed by atoms with Crippen LogP contribution in [0.15, 0.2) is 24.3 Å². The molecule has 1 aromatic carbocycles. The lowest BCUT2D eigenvalue weighted by Gasteiger charge is -2.28. The van der Waals surface area contributed by atoms with Crippen LogP contribution in [0.2, 0.25) is 0 Å². The van der Waals surface area contributed by atoms with E-state index in [1.165, 1.54) is 0 Å². The highest BCUT2D eigenvalue weighted by atomic mass is 19.4. The minimum absolute atomic E-state index is 0.0270. The predicted octanol–water partition coefficient (Wildman–Crippen LogP) is 6.10. The van der Waals surface area contributed by atoms with Crippen molar-refractivity contribution in [2.75, 3.05) is 0 Å². The molecule has 1 aromatic rings. The van der Waals surface area contributed by atoms with Gasteiger partial charge in [-0.2, -0.15) is 0 Å². The van der Waals surface area contributed by atoms with Gasteiger partial charge in [0.2, 0.25) is 5.75 Å². The van der Waals surface area contributed by atoms with Crippen molar-refractivity contribution in [3.8, 4) is 5.75 Å². The molecule has 0 heterocycles. The molecular weight excluding hydrogens is 315 g/mol. The van der Waals surface area contributed by atoms with Crippen molar-refractivity contribution >= 4 is 0 Å². The van der Waals surface area contributed by atoms with Gasteiger partial charge in [-0.25, -0.2) is 8.78 Å². The predicted molar refractivity (Wildman–Crippen MR) is 77.2 cm³/mol. The van der Waals surface area contributed by atoms with Crippen LogP contribution in [0.5, 0.6) is 5.75 Å². The molecule has 1 fully saturated rings. The number of benzene rings is 1. The first-order valence-corrected chi connectivity index (χ1v) is 7.66. The molecule has 0 atom stereocenters. The third-order valence-electron chi connectivity index (χ3n) is 4.26. The van der Waals surface area contributed by atoms with E-state index in [9.17, 15) is 22.0 Å². The van der Waals surface area contributed by atoms with Crippen molar-refractivity contribution in [3.63, 3.8) is 0 Å². The quantitative estimate of drug-likeness (QED) is 0.477. The Kier molecular flexibility index (Phi) is 5.65. The SMILES string of the molecule is C/C=C/C[C@H]1CC[C@H](c2cc(F)c(OC(F)(F)F)c(F)c2)CC1. The van der Waals surface area contributed by atoms with Crippen LogP contribution in [0.3, 0.4) is 0 Å². The zero-order chi connectivity index (χ0) is 17.0. The molecule has 128 valence electrons. The Morgan fingerprint density at radius 1 is 1.09 bits per heavy atom. The maximum Gasteiger partial charge on any atom is 0.573 e. The molecule has 2 rings (SSSR count). The maximum atomic E-state index is 13.8. The van der Waals surface area contributed by atoms with Crippen LogP contribution >= 0.6 is 0 Å². The highest BCUT2D eigenvalue weighted by Crippen LogP contribution is 2.39. The van der Waals surface area contributed by atoms with Crippen LogP contribution < -0.4 is 4.74 Å². The first-order chi connectivity index (χ1) is 10.8. The number of ether oxygens (including phenoxy) is 1. The molecule has 1 saturated carbocycles. The van der Waals surface area contributed by atoms with E-state index in [1.54, 1.807) is 0 Å². The van der Waals surface area contributed by atoms with Gasteiger partial charge in [0.25, 0.3) is 0 Å². The molecular formula is C17H19F5O. The van der Waals surface area contributed by atoms with Crippen molar-refractivity contribution in [2.45, 2.75) is 51.3 Å². The molecule has 0 aliphatic heterocycles. The molecule has 0 bridgehead atoms. The number of alkyl halides is 3. The van der Waals surface area contributed by atoms with E-state index in [0.717, 1.165) is 44.2 Å². The van der Waals surface area contributed by atoms with Gasteiger partial charge in [0.1, 0.15) is 0 Å². The van der Waals surface area contributed by atoms with E-state index < -0.39 is 23.7 Å². The normalized spacial score (nSPS) is 22.5. The molecule has 1 aliphatic carbocycles. The second kappa shape index (κ2) is 7.32.